The Bertz CT molecular complexity index is 343. The molecule has 1 fully saturated rings. The number of aliphatic carboxylic acids is 1. The van der Waals surface area contributed by atoms with Gasteiger partial charge in [0, 0.05) is 18.6 Å². The molecule has 2 unspecified atom stereocenters. The van der Waals surface area contributed by atoms with Gasteiger partial charge in [0.1, 0.15) is 6.54 Å². The Kier molecular flexibility index (Phi) is 7.50. The number of carboxylic acid groups (broad SMARTS) is 1. The van der Waals surface area contributed by atoms with E-state index < -0.39 is 5.97 Å². The first-order valence-electron chi connectivity index (χ1n) is 7.96. The van der Waals surface area contributed by atoms with Crippen molar-refractivity contribution in [2.75, 3.05) is 26.2 Å². The highest BCUT2D eigenvalue weighted by Gasteiger charge is 2.23. The van der Waals surface area contributed by atoms with E-state index in [0.29, 0.717) is 6.54 Å². The van der Waals surface area contributed by atoms with Crippen LogP contribution in [0.3, 0.4) is 0 Å². The largest absolute Gasteiger partial charge is 0.480 e. The van der Waals surface area contributed by atoms with Crippen LogP contribution in [0.5, 0.6) is 0 Å². The van der Waals surface area contributed by atoms with Gasteiger partial charge in [0.2, 0.25) is 0 Å². The van der Waals surface area contributed by atoms with Gasteiger partial charge in [0.25, 0.3) is 0 Å². The van der Waals surface area contributed by atoms with E-state index in [4.69, 9.17) is 5.11 Å². The summed E-state index contributed by atoms with van der Waals surface area (Å²) in [6.07, 6.45) is 4.46. The Balaban J connectivity index is 2.46. The van der Waals surface area contributed by atoms with Crippen molar-refractivity contribution in [1.29, 1.82) is 0 Å². The maximum absolute atomic E-state index is 12.2. The normalized spacial score (nSPS) is 18.8. The van der Waals surface area contributed by atoms with E-state index in [2.05, 4.69) is 17.1 Å². The van der Waals surface area contributed by atoms with Gasteiger partial charge >= 0.3 is 12.0 Å². The number of amides is 2. The minimum atomic E-state index is -0.977. The van der Waals surface area contributed by atoms with Crippen molar-refractivity contribution in [3.63, 3.8) is 0 Å². The molecule has 0 radical (unpaired) electrons. The number of piperidine rings is 1. The fraction of sp³-hybridized carbons (Fsp3) is 0.867. The van der Waals surface area contributed by atoms with E-state index in [1.54, 1.807) is 0 Å². The summed E-state index contributed by atoms with van der Waals surface area (Å²) < 4.78 is 0. The summed E-state index contributed by atoms with van der Waals surface area (Å²) in [5.74, 6) is -0.977. The van der Waals surface area contributed by atoms with E-state index in [0.717, 1.165) is 19.5 Å². The number of hydrogen-bond donors (Lipinski definition) is 2. The molecule has 2 N–H and O–H groups in total. The highest BCUT2D eigenvalue weighted by molar-refractivity contribution is 5.80. The molecule has 1 aliphatic rings. The second-order valence-corrected chi connectivity index (χ2v) is 5.91. The van der Waals surface area contributed by atoms with Crippen molar-refractivity contribution in [3.8, 4) is 0 Å². The molecule has 6 heteroatoms. The molecule has 1 heterocycles. The summed E-state index contributed by atoms with van der Waals surface area (Å²) in [6, 6.07) is -0.0696. The van der Waals surface area contributed by atoms with Crippen molar-refractivity contribution in [2.24, 2.45) is 0 Å². The monoisotopic (exact) mass is 299 g/mol. The minimum Gasteiger partial charge on any atom is -0.480 e. The lowest BCUT2D eigenvalue weighted by molar-refractivity contribution is -0.138. The minimum absolute atomic E-state index is 0.0774. The summed E-state index contributed by atoms with van der Waals surface area (Å²) >= 11 is 0. The van der Waals surface area contributed by atoms with Gasteiger partial charge in [-0.05, 0) is 46.2 Å². The molecular weight excluding hydrogens is 270 g/mol. The Hall–Kier alpha value is -1.30. The number of hydrogen-bond acceptors (Lipinski definition) is 3. The fourth-order valence-corrected chi connectivity index (χ4v) is 2.62. The Labute approximate surface area is 127 Å². The molecule has 1 rings (SSSR count). The number of nitrogens with zero attached hydrogens (tertiary/aromatic N) is 2. The van der Waals surface area contributed by atoms with Crippen LogP contribution in [0.15, 0.2) is 0 Å². The zero-order chi connectivity index (χ0) is 15.8. The maximum atomic E-state index is 12.2. The number of carbonyl (C=O) groups is 2. The van der Waals surface area contributed by atoms with E-state index in [-0.39, 0.29) is 24.7 Å². The maximum Gasteiger partial charge on any atom is 0.323 e. The summed E-state index contributed by atoms with van der Waals surface area (Å²) in [7, 11) is 0. The third-order valence-corrected chi connectivity index (χ3v) is 4.25. The Morgan fingerprint density at radius 3 is 2.38 bits per heavy atom. The second-order valence-electron chi connectivity index (χ2n) is 5.91. The average molecular weight is 299 g/mol. The van der Waals surface area contributed by atoms with Crippen molar-refractivity contribution in [3.05, 3.63) is 0 Å². The molecule has 0 saturated carbocycles. The van der Waals surface area contributed by atoms with E-state index in [9.17, 15) is 9.59 Å². The van der Waals surface area contributed by atoms with Crippen LogP contribution >= 0.6 is 0 Å². The molecule has 0 spiro atoms. The van der Waals surface area contributed by atoms with Gasteiger partial charge in [0.05, 0.1) is 0 Å². The first-order chi connectivity index (χ1) is 9.95. The van der Waals surface area contributed by atoms with Crippen LogP contribution in [0.1, 0.15) is 46.5 Å². The molecule has 6 nitrogen and oxygen atoms in total. The molecule has 0 aromatic rings. The summed E-state index contributed by atoms with van der Waals surface area (Å²) in [5, 5.41) is 11.8. The summed E-state index contributed by atoms with van der Waals surface area (Å²) in [5.41, 5.74) is 0. The topological polar surface area (TPSA) is 72.9 Å². The predicted molar refractivity (Wildman–Crippen MR) is 82.4 cm³/mol. The number of likely N-dealkylation sites (tertiary alicyclic amines) is 1. The van der Waals surface area contributed by atoms with Gasteiger partial charge in [-0.3, -0.25) is 9.69 Å². The van der Waals surface area contributed by atoms with Gasteiger partial charge in [-0.15, -0.1) is 0 Å². The lowest BCUT2D eigenvalue weighted by atomic mass is 10.1. The van der Waals surface area contributed by atoms with Crippen LogP contribution in [-0.2, 0) is 4.79 Å². The Morgan fingerprint density at radius 2 is 1.86 bits per heavy atom. The third kappa shape index (κ3) is 5.91. The summed E-state index contributed by atoms with van der Waals surface area (Å²) in [4.78, 5) is 26.9. The Morgan fingerprint density at radius 1 is 1.24 bits per heavy atom. The summed E-state index contributed by atoms with van der Waals surface area (Å²) in [6.45, 7) is 8.41. The van der Waals surface area contributed by atoms with E-state index >= 15 is 0 Å². The van der Waals surface area contributed by atoms with Crippen LogP contribution in [0.4, 0.5) is 4.79 Å². The zero-order valence-corrected chi connectivity index (χ0v) is 13.5. The van der Waals surface area contributed by atoms with Crippen LogP contribution < -0.4 is 5.32 Å². The number of rotatable bonds is 7. The van der Waals surface area contributed by atoms with Crippen LogP contribution in [-0.4, -0.2) is 65.2 Å². The highest BCUT2D eigenvalue weighted by Crippen LogP contribution is 2.11. The SMILES string of the molecule is CCC(C)N(CC(=O)O)C(=O)NCC(C)N1CCCCC1. The van der Waals surface area contributed by atoms with Crippen LogP contribution in [0.2, 0.25) is 0 Å². The van der Waals surface area contributed by atoms with Gasteiger partial charge < -0.3 is 15.3 Å². The number of nitrogens with one attached hydrogen (secondary N) is 1. The molecule has 2 atom stereocenters. The smallest absolute Gasteiger partial charge is 0.323 e. The molecule has 1 aliphatic heterocycles. The molecule has 0 aromatic carbocycles. The number of carbonyl (C=O) groups excluding carboxylic acids is 1. The van der Waals surface area contributed by atoms with Gasteiger partial charge in [-0.1, -0.05) is 13.3 Å². The van der Waals surface area contributed by atoms with Gasteiger partial charge in [-0.25, -0.2) is 4.79 Å². The number of carboxylic acids is 1. The lowest BCUT2D eigenvalue weighted by Gasteiger charge is -2.33. The standard InChI is InChI=1S/C15H29N3O3/c1-4-12(2)18(11-14(19)20)15(21)16-10-13(3)17-8-6-5-7-9-17/h12-13H,4-11H2,1-3H3,(H,16,21)(H,19,20). The molecule has 0 aromatic heterocycles. The first-order valence-corrected chi connectivity index (χ1v) is 7.96. The van der Waals surface area contributed by atoms with Crippen molar-refractivity contribution >= 4 is 12.0 Å². The molecule has 2 amide bonds. The molecule has 1 saturated heterocycles. The number of urea groups is 1. The molecule has 122 valence electrons. The van der Waals surface area contributed by atoms with Crippen molar-refractivity contribution in [2.45, 2.75) is 58.5 Å². The fourth-order valence-electron chi connectivity index (χ4n) is 2.62. The van der Waals surface area contributed by atoms with Gasteiger partial charge in [0.15, 0.2) is 0 Å². The van der Waals surface area contributed by atoms with Gasteiger partial charge in [-0.2, -0.15) is 0 Å². The third-order valence-electron chi connectivity index (χ3n) is 4.25. The molecule has 0 bridgehead atoms. The molecular formula is C15H29N3O3. The van der Waals surface area contributed by atoms with Crippen LogP contribution in [0.25, 0.3) is 0 Å². The second kappa shape index (κ2) is 8.87. The first kappa shape index (κ1) is 17.8. The molecule has 0 aliphatic carbocycles. The average Bonchev–Trinajstić information content (AvgIpc) is 2.49. The lowest BCUT2D eigenvalue weighted by Crippen LogP contribution is -2.51. The van der Waals surface area contributed by atoms with E-state index in [1.807, 2.05) is 13.8 Å². The highest BCUT2D eigenvalue weighted by atomic mass is 16.4. The van der Waals surface area contributed by atoms with Crippen molar-refractivity contribution in [1.82, 2.24) is 15.1 Å². The van der Waals surface area contributed by atoms with Crippen molar-refractivity contribution < 1.29 is 14.7 Å². The van der Waals surface area contributed by atoms with Crippen LogP contribution in [0, 0.1) is 0 Å². The molecule has 21 heavy (non-hydrogen) atoms. The quantitative estimate of drug-likeness (QED) is 0.751. The zero-order valence-electron chi connectivity index (χ0n) is 13.5. The van der Waals surface area contributed by atoms with E-state index in [1.165, 1.54) is 24.2 Å². The predicted octanol–water partition coefficient (Wildman–Crippen LogP) is 1.76.